The number of nitrogens with one attached hydrogen (secondary N) is 1. The van der Waals surface area contributed by atoms with E-state index >= 15 is 0 Å². The molecule has 0 amide bonds. The summed E-state index contributed by atoms with van der Waals surface area (Å²) in [4.78, 5) is 11.9. The van der Waals surface area contributed by atoms with Gasteiger partial charge < -0.3 is 14.8 Å². The smallest absolute Gasteiger partial charge is 0.204 e. The first-order chi connectivity index (χ1) is 8.58. The fourth-order valence-electron chi connectivity index (χ4n) is 1.81. The van der Waals surface area contributed by atoms with Crippen LogP contribution >= 0.6 is 11.3 Å². The number of thiazole rings is 1. The zero-order valence-electron chi connectivity index (χ0n) is 11.3. The molecule has 0 radical (unpaired) electrons. The Morgan fingerprint density at radius 2 is 2.06 bits per heavy atom. The van der Waals surface area contributed by atoms with Crippen molar-refractivity contribution in [2.24, 2.45) is 7.05 Å². The molecule has 2 aromatic heterocycles. The van der Waals surface area contributed by atoms with Gasteiger partial charge in [0.1, 0.15) is 0 Å². The molecule has 0 saturated carbocycles. The van der Waals surface area contributed by atoms with Crippen molar-refractivity contribution in [3.63, 3.8) is 0 Å². The molecule has 0 aromatic carbocycles. The average molecular weight is 265 g/mol. The number of imidazole rings is 1. The first kappa shape index (κ1) is 13.0. The van der Waals surface area contributed by atoms with Crippen LogP contribution in [0.3, 0.4) is 0 Å². The van der Waals surface area contributed by atoms with Gasteiger partial charge in [-0.2, -0.15) is 0 Å². The third-order valence-corrected chi connectivity index (χ3v) is 3.65. The van der Waals surface area contributed by atoms with E-state index in [1.807, 2.05) is 45.4 Å². The van der Waals surface area contributed by atoms with E-state index in [1.165, 1.54) is 10.6 Å². The fraction of sp³-hybridized carbons (Fsp3) is 0.500. The monoisotopic (exact) mass is 265 g/mol. The zero-order valence-corrected chi connectivity index (χ0v) is 12.1. The Balaban J connectivity index is 1.90. The van der Waals surface area contributed by atoms with Crippen LogP contribution in [0.5, 0.6) is 0 Å². The molecule has 0 bridgehead atoms. The third-order valence-electron chi connectivity index (χ3n) is 2.73. The molecule has 0 fully saturated rings. The lowest BCUT2D eigenvalue weighted by atomic mass is 10.4. The van der Waals surface area contributed by atoms with Crippen LogP contribution in [0.2, 0.25) is 0 Å². The van der Waals surface area contributed by atoms with Gasteiger partial charge in [-0.15, -0.1) is 11.3 Å². The molecule has 0 atom stereocenters. The zero-order chi connectivity index (χ0) is 13.1. The molecule has 2 rings (SSSR count). The number of aryl methyl sites for hydroxylation is 1. The maximum Gasteiger partial charge on any atom is 0.204 e. The average Bonchev–Trinajstić information content (AvgIpc) is 2.87. The number of rotatable bonds is 5. The molecular formula is C12H19N5S. The van der Waals surface area contributed by atoms with Crippen LogP contribution in [-0.2, 0) is 20.1 Å². The van der Waals surface area contributed by atoms with Gasteiger partial charge in [0.05, 0.1) is 16.9 Å². The van der Waals surface area contributed by atoms with Crippen molar-refractivity contribution in [3.8, 4) is 0 Å². The van der Waals surface area contributed by atoms with Crippen LogP contribution in [-0.4, -0.2) is 28.6 Å². The van der Waals surface area contributed by atoms with E-state index in [4.69, 9.17) is 0 Å². The number of hydrogen-bond donors (Lipinski definition) is 1. The fourth-order valence-corrected chi connectivity index (χ4v) is 2.58. The van der Waals surface area contributed by atoms with Gasteiger partial charge in [-0.25, -0.2) is 9.97 Å². The van der Waals surface area contributed by atoms with Crippen LogP contribution in [0, 0.1) is 6.92 Å². The van der Waals surface area contributed by atoms with Gasteiger partial charge in [-0.3, -0.25) is 0 Å². The molecule has 0 unspecified atom stereocenters. The number of aromatic nitrogens is 3. The number of anilines is 1. The van der Waals surface area contributed by atoms with Gasteiger partial charge in [0.2, 0.25) is 5.95 Å². The van der Waals surface area contributed by atoms with Crippen molar-refractivity contribution in [1.29, 1.82) is 0 Å². The van der Waals surface area contributed by atoms with E-state index in [-0.39, 0.29) is 0 Å². The van der Waals surface area contributed by atoms with Crippen LogP contribution in [0.4, 0.5) is 5.95 Å². The van der Waals surface area contributed by atoms with Crippen LogP contribution in [0.15, 0.2) is 12.4 Å². The molecule has 2 aromatic rings. The second kappa shape index (κ2) is 5.49. The maximum absolute atomic E-state index is 4.38. The molecule has 98 valence electrons. The van der Waals surface area contributed by atoms with Gasteiger partial charge in [0.15, 0.2) is 0 Å². The summed E-state index contributed by atoms with van der Waals surface area (Å²) in [7, 11) is 6.04. The first-order valence-corrected chi connectivity index (χ1v) is 6.69. The van der Waals surface area contributed by atoms with E-state index < -0.39 is 0 Å². The molecule has 0 aliphatic carbocycles. The van der Waals surface area contributed by atoms with E-state index in [0.717, 1.165) is 24.0 Å². The number of hydrogen-bond acceptors (Lipinski definition) is 5. The molecule has 2 heterocycles. The van der Waals surface area contributed by atoms with Gasteiger partial charge in [-0.05, 0) is 6.92 Å². The van der Waals surface area contributed by atoms with Crippen LogP contribution in [0.1, 0.15) is 15.6 Å². The Morgan fingerprint density at radius 1 is 1.28 bits per heavy atom. The lowest BCUT2D eigenvalue weighted by Crippen LogP contribution is -2.17. The second-order valence-corrected chi connectivity index (χ2v) is 5.77. The van der Waals surface area contributed by atoms with Crippen molar-refractivity contribution in [2.75, 3.05) is 19.0 Å². The van der Waals surface area contributed by atoms with E-state index in [9.17, 15) is 0 Å². The van der Waals surface area contributed by atoms with Crippen LogP contribution in [0.25, 0.3) is 0 Å². The molecule has 6 heteroatoms. The second-order valence-electron chi connectivity index (χ2n) is 4.45. The molecule has 0 saturated heterocycles. The SMILES string of the molecule is Cc1ncc(CNCc2cnc(N(C)C)n2C)s1. The highest BCUT2D eigenvalue weighted by molar-refractivity contribution is 7.11. The van der Waals surface area contributed by atoms with E-state index in [1.54, 1.807) is 11.3 Å². The summed E-state index contributed by atoms with van der Waals surface area (Å²) in [6, 6.07) is 0. The third kappa shape index (κ3) is 2.88. The summed E-state index contributed by atoms with van der Waals surface area (Å²) in [6.45, 7) is 3.70. The molecule has 18 heavy (non-hydrogen) atoms. The Kier molecular flexibility index (Phi) is 3.98. The van der Waals surface area contributed by atoms with Crippen molar-refractivity contribution in [1.82, 2.24) is 19.9 Å². The number of nitrogens with zero attached hydrogens (tertiary/aromatic N) is 4. The van der Waals surface area contributed by atoms with Crippen molar-refractivity contribution in [3.05, 3.63) is 28.0 Å². The van der Waals surface area contributed by atoms with Gasteiger partial charge in [-0.1, -0.05) is 0 Å². The largest absolute Gasteiger partial charge is 0.348 e. The minimum absolute atomic E-state index is 0.814. The highest BCUT2D eigenvalue weighted by atomic mass is 32.1. The Morgan fingerprint density at radius 3 is 2.61 bits per heavy atom. The summed E-state index contributed by atoms with van der Waals surface area (Å²) in [5.74, 6) is 0.973. The highest BCUT2D eigenvalue weighted by Crippen LogP contribution is 2.13. The normalized spacial score (nSPS) is 10.9. The molecule has 0 aliphatic rings. The summed E-state index contributed by atoms with van der Waals surface area (Å²) in [6.07, 6.45) is 3.85. The summed E-state index contributed by atoms with van der Waals surface area (Å²) >= 11 is 1.73. The minimum atomic E-state index is 0.814. The predicted molar refractivity (Wildman–Crippen MR) is 74.9 cm³/mol. The first-order valence-electron chi connectivity index (χ1n) is 5.88. The maximum atomic E-state index is 4.38. The minimum Gasteiger partial charge on any atom is -0.348 e. The van der Waals surface area contributed by atoms with Crippen molar-refractivity contribution < 1.29 is 0 Å². The highest BCUT2D eigenvalue weighted by Gasteiger charge is 2.07. The van der Waals surface area contributed by atoms with Gasteiger partial charge in [0, 0.05) is 45.3 Å². The van der Waals surface area contributed by atoms with Crippen molar-refractivity contribution >= 4 is 17.3 Å². The van der Waals surface area contributed by atoms with Crippen LogP contribution < -0.4 is 10.2 Å². The predicted octanol–water partition coefficient (Wildman–Crippen LogP) is 1.54. The molecule has 0 aliphatic heterocycles. The Labute approximate surface area is 111 Å². The lowest BCUT2D eigenvalue weighted by molar-refractivity contribution is 0.658. The Bertz CT molecular complexity index is 514. The molecule has 5 nitrogen and oxygen atoms in total. The molecule has 0 spiro atoms. The van der Waals surface area contributed by atoms with Crippen molar-refractivity contribution in [2.45, 2.75) is 20.0 Å². The van der Waals surface area contributed by atoms with Gasteiger partial charge in [0.25, 0.3) is 0 Å². The quantitative estimate of drug-likeness (QED) is 0.891. The molecule has 1 N–H and O–H groups in total. The standard InChI is InChI=1S/C12H19N5S/c1-9-14-8-11(18-9)7-13-5-10-6-15-12(16(2)3)17(10)4/h6,8,13H,5,7H2,1-4H3. The van der Waals surface area contributed by atoms with E-state index in [0.29, 0.717) is 0 Å². The Hall–Kier alpha value is -1.40. The van der Waals surface area contributed by atoms with E-state index in [2.05, 4.69) is 19.9 Å². The van der Waals surface area contributed by atoms with Gasteiger partial charge >= 0.3 is 0 Å². The summed E-state index contributed by atoms with van der Waals surface area (Å²) in [5, 5.41) is 4.53. The topological polar surface area (TPSA) is 46.0 Å². The molecular weight excluding hydrogens is 246 g/mol. The summed E-state index contributed by atoms with van der Waals surface area (Å²) in [5.41, 5.74) is 1.18. The lowest BCUT2D eigenvalue weighted by Gasteiger charge is -2.12. The summed E-state index contributed by atoms with van der Waals surface area (Å²) < 4.78 is 2.10.